The van der Waals surface area contributed by atoms with Gasteiger partial charge in [0.2, 0.25) is 0 Å². The molecule has 0 aromatic heterocycles. The van der Waals surface area contributed by atoms with Crippen molar-refractivity contribution in [1.29, 1.82) is 0 Å². The maximum Gasteiger partial charge on any atom is 0.0629 e. The van der Waals surface area contributed by atoms with Gasteiger partial charge in [-0.25, -0.2) is 0 Å². The van der Waals surface area contributed by atoms with E-state index in [9.17, 15) is 0 Å². The second-order valence-electron chi connectivity index (χ2n) is 3.48. The Bertz CT molecular complexity index is 555. The van der Waals surface area contributed by atoms with Crippen LogP contribution in [0.1, 0.15) is 0 Å². The first-order chi connectivity index (χ1) is 8.06. The first-order valence-electron chi connectivity index (χ1n) is 4.83. The molecule has 3 N–H and O–H groups in total. The highest BCUT2D eigenvalue weighted by Crippen LogP contribution is 2.32. The Morgan fingerprint density at radius 2 is 1.47 bits per heavy atom. The van der Waals surface area contributed by atoms with Gasteiger partial charge in [-0.15, -0.1) is 0 Å². The van der Waals surface area contributed by atoms with Gasteiger partial charge in [0.1, 0.15) is 0 Å². The largest absolute Gasteiger partial charge is 0.397 e. The maximum absolute atomic E-state index is 5.91. The van der Waals surface area contributed by atoms with E-state index < -0.39 is 0 Å². The molecular formula is C12H9Br3N2. The van der Waals surface area contributed by atoms with Gasteiger partial charge in [-0.3, -0.25) is 0 Å². The standard InChI is InChI=1S/C12H9Br3N2/c13-7-2-4-11(9(15)5-7)17-12-6-8(14)1-3-10(12)16/h1-6,17H,16H2. The van der Waals surface area contributed by atoms with Crippen LogP contribution in [0, 0.1) is 0 Å². The third-order valence-electron chi connectivity index (χ3n) is 2.22. The minimum Gasteiger partial charge on any atom is -0.397 e. The summed E-state index contributed by atoms with van der Waals surface area (Å²) in [7, 11) is 0. The van der Waals surface area contributed by atoms with Crippen LogP contribution in [0.15, 0.2) is 49.8 Å². The average molecular weight is 421 g/mol. The van der Waals surface area contributed by atoms with E-state index >= 15 is 0 Å². The van der Waals surface area contributed by atoms with Crippen molar-refractivity contribution in [2.24, 2.45) is 0 Å². The Hall–Kier alpha value is -0.520. The molecular weight excluding hydrogens is 412 g/mol. The summed E-state index contributed by atoms with van der Waals surface area (Å²) in [5, 5.41) is 3.29. The quantitative estimate of drug-likeness (QED) is 0.647. The lowest BCUT2D eigenvalue weighted by Gasteiger charge is -2.11. The molecule has 0 aliphatic rings. The number of nitrogen functional groups attached to an aromatic ring is 1. The third kappa shape index (κ3) is 3.24. The number of nitrogens with two attached hydrogens (primary N) is 1. The predicted octanol–water partition coefficient (Wildman–Crippen LogP) is 5.30. The molecule has 5 heteroatoms. The lowest BCUT2D eigenvalue weighted by molar-refractivity contribution is 1.50. The summed E-state index contributed by atoms with van der Waals surface area (Å²) in [5.41, 5.74) is 8.47. The molecule has 0 aliphatic heterocycles. The predicted molar refractivity (Wildman–Crippen MR) is 83.7 cm³/mol. The monoisotopic (exact) mass is 418 g/mol. The fourth-order valence-corrected chi connectivity index (χ4v) is 2.88. The zero-order valence-electron chi connectivity index (χ0n) is 8.68. The van der Waals surface area contributed by atoms with Crippen molar-refractivity contribution >= 4 is 64.9 Å². The minimum absolute atomic E-state index is 0.711. The van der Waals surface area contributed by atoms with Crippen LogP contribution < -0.4 is 11.1 Å². The second-order valence-corrected chi connectivity index (χ2v) is 6.17. The molecule has 0 aliphatic carbocycles. The highest BCUT2D eigenvalue weighted by Gasteiger charge is 2.04. The van der Waals surface area contributed by atoms with Crippen molar-refractivity contribution in [3.63, 3.8) is 0 Å². The molecule has 2 nitrogen and oxygen atoms in total. The van der Waals surface area contributed by atoms with Crippen molar-refractivity contribution in [3.8, 4) is 0 Å². The molecule has 17 heavy (non-hydrogen) atoms. The Labute approximate surface area is 125 Å². The van der Waals surface area contributed by atoms with Crippen LogP contribution in [0.4, 0.5) is 17.1 Å². The molecule has 0 saturated heterocycles. The van der Waals surface area contributed by atoms with Gasteiger partial charge in [0.15, 0.2) is 0 Å². The van der Waals surface area contributed by atoms with Gasteiger partial charge < -0.3 is 11.1 Å². The van der Waals surface area contributed by atoms with Gasteiger partial charge in [-0.05, 0) is 52.3 Å². The van der Waals surface area contributed by atoms with Crippen molar-refractivity contribution < 1.29 is 0 Å². The minimum atomic E-state index is 0.711. The van der Waals surface area contributed by atoms with Crippen molar-refractivity contribution in [2.45, 2.75) is 0 Å². The summed E-state index contributed by atoms with van der Waals surface area (Å²) in [6, 6.07) is 11.7. The zero-order valence-corrected chi connectivity index (χ0v) is 13.4. The number of hydrogen-bond acceptors (Lipinski definition) is 2. The molecule has 0 unspecified atom stereocenters. The molecule has 0 bridgehead atoms. The molecule has 2 aromatic carbocycles. The van der Waals surface area contributed by atoms with Crippen LogP contribution >= 0.6 is 47.8 Å². The Kier molecular flexibility index (Phi) is 4.12. The van der Waals surface area contributed by atoms with Crippen LogP contribution in [0.2, 0.25) is 0 Å². The Balaban J connectivity index is 2.34. The van der Waals surface area contributed by atoms with E-state index in [1.165, 1.54) is 0 Å². The molecule has 0 saturated carbocycles. The molecule has 0 spiro atoms. The van der Waals surface area contributed by atoms with Crippen molar-refractivity contribution in [3.05, 3.63) is 49.8 Å². The summed E-state index contributed by atoms with van der Waals surface area (Å²) < 4.78 is 2.99. The van der Waals surface area contributed by atoms with Crippen LogP contribution in [-0.2, 0) is 0 Å². The highest BCUT2D eigenvalue weighted by molar-refractivity contribution is 9.11. The normalized spacial score (nSPS) is 10.3. The summed E-state index contributed by atoms with van der Waals surface area (Å²) in [4.78, 5) is 0. The lowest BCUT2D eigenvalue weighted by atomic mass is 10.2. The number of nitrogens with one attached hydrogen (secondary N) is 1. The highest BCUT2D eigenvalue weighted by atomic mass is 79.9. The van der Waals surface area contributed by atoms with E-state index in [2.05, 4.69) is 53.1 Å². The molecule has 0 atom stereocenters. The molecule has 0 heterocycles. The Morgan fingerprint density at radius 1 is 0.824 bits per heavy atom. The first-order valence-corrected chi connectivity index (χ1v) is 7.21. The second kappa shape index (κ2) is 5.42. The molecule has 2 aromatic rings. The number of benzene rings is 2. The molecule has 0 radical (unpaired) electrons. The summed E-state index contributed by atoms with van der Waals surface area (Å²) in [6.07, 6.45) is 0. The molecule has 2 rings (SSSR count). The lowest BCUT2D eigenvalue weighted by Crippen LogP contribution is -1.96. The first kappa shape index (κ1) is 12.9. The number of anilines is 3. The zero-order chi connectivity index (χ0) is 12.4. The molecule has 0 fully saturated rings. The van der Waals surface area contributed by atoms with Gasteiger partial charge in [0.05, 0.1) is 17.1 Å². The van der Waals surface area contributed by atoms with E-state index in [1.807, 2.05) is 36.4 Å². The van der Waals surface area contributed by atoms with Gasteiger partial charge in [0, 0.05) is 13.4 Å². The van der Waals surface area contributed by atoms with E-state index in [4.69, 9.17) is 5.73 Å². The van der Waals surface area contributed by atoms with Gasteiger partial charge in [-0.2, -0.15) is 0 Å². The summed E-state index contributed by atoms with van der Waals surface area (Å²) in [5.74, 6) is 0. The van der Waals surface area contributed by atoms with Crippen LogP contribution in [0.25, 0.3) is 0 Å². The maximum atomic E-state index is 5.91. The van der Waals surface area contributed by atoms with Crippen molar-refractivity contribution in [1.82, 2.24) is 0 Å². The summed E-state index contributed by atoms with van der Waals surface area (Å²) >= 11 is 10.3. The number of hydrogen-bond donors (Lipinski definition) is 2. The van der Waals surface area contributed by atoms with E-state index in [1.54, 1.807) is 0 Å². The van der Waals surface area contributed by atoms with Gasteiger partial charge in [-0.1, -0.05) is 31.9 Å². The van der Waals surface area contributed by atoms with Crippen molar-refractivity contribution in [2.75, 3.05) is 11.1 Å². The van der Waals surface area contributed by atoms with E-state index in [0.29, 0.717) is 5.69 Å². The average Bonchev–Trinajstić information content (AvgIpc) is 2.27. The van der Waals surface area contributed by atoms with Gasteiger partial charge >= 0.3 is 0 Å². The third-order valence-corrected chi connectivity index (χ3v) is 3.86. The van der Waals surface area contributed by atoms with E-state index in [-0.39, 0.29) is 0 Å². The van der Waals surface area contributed by atoms with Crippen LogP contribution in [0.5, 0.6) is 0 Å². The van der Waals surface area contributed by atoms with E-state index in [0.717, 1.165) is 24.8 Å². The molecule has 0 amide bonds. The smallest absolute Gasteiger partial charge is 0.0629 e. The number of halogens is 3. The number of rotatable bonds is 2. The summed E-state index contributed by atoms with van der Waals surface area (Å²) in [6.45, 7) is 0. The van der Waals surface area contributed by atoms with Crippen LogP contribution in [0.3, 0.4) is 0 Å². The fourth-order valence-electron chi connectivity index (χ4n) is 1.37. The Morgan fingerprint density at radius 3 is 2.18 bits per heavy atom. The molecule has 88 valence electrons. The SMILES string of the molecule is Nc1ccc(Br)cc1Nc1ccc(Br)cc1Br. The fraction of sp³-hybridized carbons (Fsp3) is 0. The topological polar surface area (TPSA) is 38.0 Å². The van der Waals surface area contributed by atoms with Crippen LogP contribution in [-0.4, -0.2) is 0 Å². The van der Waals surface area contributed by atoms with Gasteiger partial charge in [0.25, 0.3) is 0 Å².